The zero-order chi connectivity index (χ0) is 11.7. The van der Waals surface area contributed by atoms with Crippen molar-refractivity contribution in [3.63, 3.8) is 0 Å². The first-order valence-electron chi connectivity index (χ1n) is 4.90. The third kappa shape index (κ3) is 1.76. The Balaban J connectivity index is 2.65. The Bertz CT molecular complexity index is 535. The molecule has 0 unspecified atom stereocenters. The lowest BCUT2D eigenvalue weighted by Gasteiger charge is -2.09. The molecule has 0 bridgehead atoms. The second-order valence-corrected chi connectivity index (χ2v) is 3.67. The van der Waals surface area contributed by atoms with Crippen molar-refractivity contribution in [2.75, 3.05) is 5.73 Å². The molecule has 0 aliphatic heterocycles. The molecule has 2 aromatic carbocycles. The summed E-state index contributed by atoms with van der Waals surface area (Å²) in [5.74, 6) is -0.811. The average molecular weight is 219 g/mol. The van der Waals surface area contributed by atoms with E-state index in [1.165, 1.54) is 18.2 Å². The monoisotopic (exact) mass is 219 g/mol. The number of nitrogens with two attached hydrogens (primary N) is 1. The van der Waals surface area contributed by atoms with Gasteiger partial charge >= 0.3 is 0 Å². The van der Waals surface area contributed by atoms with Crippen molar-refractivity contribution in [2.24, 2.45) is 0 Å². The van der Waals surface area contributed by atoms with Crippen LogP contribution in [-0.2, 0) is 0 Å². The van der Waals surface area contributed by atoms with E-state index in [-0.39, 0.29) is 11.5 Å². The van der Waals surface area contributed by atoms with Crippen molar-refractivity contribution in [3.05, 3.63) is 53.6 Å². The van der Waals surface area contributed by atoms with E-state index >= 15 is 0 Å². The molecule has 0 aliphatic carbocycles. The molecule has 0 heterocycles. The number of aryl methyl sites for hydroxylation is 1. The highest BCUT2D eigenvalue weighted by Gasteiger charge is 2.09. The summed E-state index contributed by atoms with van der Waals surface area (Å²) >= 11 is 0. The quantitative estimate of drug-likeness (QED) is 0.729. The fourth-order valence-electron chi connectivity index (χ4n) is 1.66. The Labute approximate surface area is 92.5 Å². The zero-order valence-electron chi connectivity index (χ0n) is 8.80. The van der Waals surface area contributed by atoms with Gasteiger partial charge in [0.25, 0.3) is 0 Å². The molecular weight excluding hydrogens is 208 g/mol. The van der Waals surface area contributed by atoms with E-state index < -0.39 is 5.82 Å². The van der Waals surface area contributed by atoms with E-state index in [4.69, 9.17) is 5.73 Å². The molecule has 0 fully saturated rings. The molecule has 16 heavy (non-hydrogen) atoms. The maximum absolute atomic E-state index is 13.6. The smallest absolute Gasteiger partial charge is 0.146 e. The van der Waals surface area contributed by atoms with Gasteiger partial charge in [0.1, 0.15) is 11.6 Å². The van der Waals surface area contributed by atoms with Gasteiger partial charge in [0, 0.05) is 5.56 Å². The van der Waals surface area contributed by atoms with E-state index in [1.807, 2.05) is 0 Å². The number of hydrogen-bond acceptors (Lipinski definition) is 1. The first-order chi connectivity index (χ1) is 7.59. The molecule has 1 nitrogen and oxygen atoms in total. The molecule has 0 amide bonds. The molecule has 2 N–H and O–H groups in total. The third-order valence-corrected chi connectivity index (χ3v) is 2.51. The lowest BCUT2D eigenvalue weighted by atomic mass is 9.99. The third-order valence-electron chi connectivity index (χ3n) is 2.51. The van der Waals surface area contributed by atoms with Crippen LogP contribution in [0.2, 0.25) is 0 Å². The molecule has 0 spiro atoms. The SMILES string of the molecule is Cc1cc(F)c(N)cc1-c1ccccc1F. The van der Waals surface area contributed by atoms with Crippen molar-refractivity contribution >= 4 is 5.69 Å². The molecule has 0 aromatic heterocycles. The maximum Gasteiger partial charge on any atom is 0.146 e. The van der Waals surface area contributed by atoms with Crippen molar-refractivity contribution in [2.45, 2.75) is 6.92 Å². The number of nitrogen functional groups attached to an aromatic ring is 1. The zero-order valence-corrected chi connectivity index (χ0v) is 8.80. The van der Waals surface area contributed by atoms with Gasteiger partial charge in [-0.1, -0.05) is 18.2 Å². The van der Waals surface area contributed by atoms with Crippen molar-refractivity contribution in [1.29, 1.82) is 0 Å². The predicted octanol–water partition coefficient (Wildman–Crippen LogP) is 3.52. The van der Waals surface area contributed by atoms with Crippen LogP contribution in [0.15, 0.2) is 36.4 Å². The second kappa shape index (κ2) is 3.93. The Kier molecular flexibility index (Phi) is 2.60. The van der Waals surface area contributed by atoms with Crippen LogP contribution in [0.1, 0.15) is 5.56 Å². The molecule has 0 saturated carbocycles. The van der Waals surface area contributed by atoms with Crippen LogP contribution in [0, 0.1) is 18.6 Å². The summed E-state index contributed by atoms with van der Waals surface area (Å²) in [5.41, 5.74) is 7.23. The van der Waals surface area contributed by atoms with Crippen LogP contribution in [0.4, 0.5) is 14.5 Å². The van der Waals surface area contributed by atoms with E-state index in [1.54, 1.807) is 25.1 Å². The summed E-state index contributed by atoms with van der Waals surface area (Å²) in [6.45, 7) is 1.73. The van der Waals surface area contributed by atoms with Gasteiger partial charge in [0.15, 0.2) is 0 Å². The van der Waals surface area contributed by atoms with Gasteiger partial charge in [0.2, 0.25) is 0 Å². The molecule has 82 valence electrons. The number of hydrogen-bond donors (Lipinski definition) is 1. The lowest BCUT2D eigenvalue weighted by molar-refractivity contribution is 0.627. The fourth-order valence-corrected chi connectivity index (χ4v) is 1.66. The van der Waals surface area contributed by atoms with Crippen molar-refractivity contribution < 1.29 is 8.78 Å². The minimum Gasteiger partial charge on any atom is -0.396 e. The van der Waals surface area contributed by atoms with E-state index in [0.29, 0.717) is 16.7 Å². The molecule has 0 atom stereocenters. The van der Waals surface area contributed by atoms with Gasteiger partial charge in [-0.15, -0.1) is 0 Å². The summed E-state index contributed by atoms with van der Waals surface area (Å²) in [4.78, 5) is 0. The summed E-state index contributed by atoms with van der Waals surface area (Å²) in [6, 6.07) is 9.14. The highest BCUT2D eigenvalue weighted by atomic mass is 19.1. The maximum atomic E-state index is 13.6. The highest BCUT2D eigenvalue weighted by molar-refractivity contribution is 5.71. The van der Waals surface area contributed by atoms with Gasteiger partial charge in [-0.2, -0.15) is 0 Å². The van der Waals surface area contributed by atoms with E-state index in [0.717, 1.165) is 0 Å². The lowest BCUT2D eigenvalue weighted by Crippen LogP contribution is -1.95. The summed E-state index contributed by atoms with van der Waals surface area (Å²) in [7, 11) is 0. The second-order valence-electron chi connectivity index (χ2n) is 3.67. The topological polar surface area (TPSA) is 26.0 Å². The van der Waals surface area contributed by atoms with Crippen LogP contribution >= 0.6 is 0 Å². The molecule has 2 aromatic rings. The van der Waals surface area contributed by atoms with Crippen LogP contribution in [0.3, 0.4) is 0 Å². The van der Waals surface area contributed by atoms with Crippen LogP contribution in [-0.4, -0.2) is 0 Å². The summed E-state index contributed by atoms with van der Waals surface area (Å²) < 4.78 is 26.7. The summed E-state index contributed by atoms with van der Waals surface area (Å²) in [5, 5.41) is 0. The Morgan fingerprint density at radius 1 is 0.938 bits per heavy atom. The largest absolute Gasteiger partial charge is 0.396 e. The normalized spacial score (nSPS) is 10.4. The standard InChI is InChI=1S/C13H11F2N/c1-8-6-12(15)13(16)7-10(8)9-4-2-3-5-11(9)14/h2-7H,16H2,1H3. The van der Waals surface area contributed by atoms with Crippen LogP contribution in [0.25, 0.3) is 11.1 Å². The summed E-state index contributed by atoms with van der Waals surface area (Å²) in [6.07, 6.45) is 0. The van der Waals surface area contributed by atoms with Gasteiger partial charge in [0.05, 0.1) is 5.69 Å². The molecule has 2 rings (SSSR count). The Morgan fingerprint density at radius 2 is 1.62 bits per heavy atom. The first-order valence-corrected chi connectivity index (χ1v) is 4.90. The van der Waals surface area contributed by atoms with Gasteiger partial charge < -0.3 is 5.73 Å². The van der Waals surface area contributed by atoms with Gasteiger partial charge in [-0.3, -0.25) is 0 Å². The number of halogens is 2. The molecule has 0 radical (unpaired) electrons. The van der Waals surface area contributed by atoms with Crippen molar-refractivity contribution in [3.8, 4) is 11.1 Å². The molecule has 3 heteroatoms. The number of rotatable bonds is 1. The Hall–Kier alpha value is -1.90. The van der Waals surface area contributed by atoms with Crippen LogP contribution in [0.5, 0.6) is 0 Å². The van der Waals surface area contributed by atoms with Crippen LogP contribution < -0.4 is 5.73 Å². The minimum absolute atomic E-state index is 0.0313. The average Bonchev–Trinajstić information content (AvgIpc) is 2.25. The first kappa shape index (κ1) is 10.6. The number of benzene rings is 2. The minimum atomic E-state index is -0.474. The molecular formula is C13H11F2N. The fraction of sp³-hybridized carbons (Fsp3) is 0.0769. The van der Waals surface area contributed by atoms with Gasteiger partial charge in [-0.05, 0) is 36.2 Å². The van der Waals surface area contributed by atoms with Gasteiger partial charge in [-0.25, -0.2) is 8.78 Å². The number of anilines is 1. The predicted molar refractivity (Wildman–Crippen MR) is 60.9 cm³/mol. The van der Waals surface area contributed by atoms with Crippen molar-refractivity contribution in [1.82, 2.24) is 0 Å². The highest BCUT2D eigenvalue weighted by Crippen LogP contribution is 2.29. The molecule has 0 aliphatic rings. The van der Waals surface area contributed by atoms with E-state index in [2.05, 4.69) is 0 Å². The Morgan fingerprint density at radius 3 is 2.31 bits per heavy atom. The van der Waals surface area contributed by atoms with E-state index in [9.17, 15) is 8.78 Å². The molecule has 0 saturated heterocycles.